The normalized spacial score (nSPS) is 15.3. The second-order valence-electron chi connectivity index (χ2n) is 3.67. The van der Waals surface area contributed by atoms with Gasteiger partial charge in [0.15, 0.2) is 0 Å². The summed E-state index contributed by atoms with van der Waals surface area (Å²) in [5, 5.41) is 0. The predicted octanol–water partition coefficient (Wildman–Crippen LogP) is 3.80. The van der Waals surface area contributed by atoms with E-state index in [1.54, 1.807) is 0 Å². The van der Waals surface area contributed by atoms with E-state index in [1.807, 2.05) is 6.08 Å². The molecular formula is C11H20. The Hall–Kier alpha value is -0.520. The minimum absolute atomic E-state index is 0.639. The van der Waals surface area contributed by atoms with Gasteiger partial charge in [-0.25, -0.2) is 0 Å². The summed E-state index contributed by atoms with van der Waals surface area (Å²) in [6.45, 7) is 12.5. The fraction of sp³-hybridized carbons (Fsp3) is 0.636. The third-order valence-corrected chi connectivity index (χ3v) is 1.76. The number of allylic oxidation sites excluding steroid dienone is 3. The molecule has 0 heteroatoms. The van der Waals surface area contributed by atoms with Crippen LogP contribution in [0.1, 0.15) is 34.1 Å². The average molecular weight is 152 g/mol. The van der Waals surface area contributed by atoms with Crippen LogP contribution in [-0.4, -0.2) is 0 Å². The van der Waals surface area contributed by atoms with E-state index in [0.717, 1.165) is 0 Å². The van der Waals surface area contributed by atoms with E-state index in [2.05, 4.69) is 40.3 Å². The Morgan fingerprint density at radius 1 is 1.27 bits per heavy atom. The first-order valence-corrected chi connectivity index (χ1v) is 4.33. The van der Waals surface area contributed by atoms with Gasteiger partial charge in [0.05, 0.1) is 0 Å². The van der Waals surface area contributed by atoms with Crippen molar-refractivity contribution in [3.63, 3.8) is 0 Å². The van der Waals surface area contributed by atoms with E-state index >= 15 is 0 Å². The molecule has 0 aliphatic carbocycles. The molecule has 0 heterocycles. The van der Waals surface area contributed by atoms with Crippen molar-refractivity contribution in [3.8, 4) is 0 Å². The molecule has 0 aromatic carbocycles. The first-order valence-electron chi connectivity index (χ1n) is 4.33. The van der Waals surface area contributed by atoms with Crippen LogP contribution in [0.5, 0.6) is 0 Å². The minimum Gasteiger partial charge on any atom is -0.103 e. The van der Waals surface area contributed by atoms with Crippen LogP contribution in [0.15, 0.2) is 24.3 Å². The summed E-state index contributed by atoms with van der Waals surface area (Å²) in [5.41, 5.74) is 1.41. The lowest BCUT2D eigenvalue weighted by Crippen LogP contribution is -1.97. The highest BCUT2D eigenvalue weighted by atomic mass is 14.1. The second-order valence-corrected chi connectivity index (χ2v) is 3.67. The summed E-state index contributed by atoms with van der Waals surface area (Å²) in [4.78, 5) is 0. The largest absolute Gasteiger partial charge is 0.103 e. The summed E-state index contributed by atoms with van der Waals surface area (Å²) >= 11 is 0. The third-order valence-electron chi connectivity index (χ3n) is 1.76. The number of rotatable bonds is 4. The number of hydrogen-bond acceptors (Lipinski definition) is 0. The van der Waals surface area contributed by atoms with Gasteiger partial charge in [-0.3, -0.25) is 0 Å². The van der Waals surface area contributed by atoms with Crippen molar-refractivity contribution in [2.75, 3.05) is 0 Å². The molecule has 0 aliphatic heterocycles. The van der Waals surface area contributed by atoms with Crippen LogP contribution in [0.3, 0.4) is 0 Å². The van der Waals surface area contributed by atoms with Crippen molar-refractivity contribution < 1.29 is 0 Å². The Labute approximate surface area is 71.0 Å². The maximum absolute atomic E-state index is 3.77. The fourth-order valence-electron chi connectivity index (χ4n) is 1.32. The molecule has 0 aromatic heterocycles. The maximum Gasteiger partial charge on any atom is -0.0254 e. The minimum atomic E-state index is 0.639. The van der Waals surface area contributed by atoms with E-state index in [4.69, 9.17) is 0 Å². The van der Waals surface area contributed by atoms with E-state index in [9.17, 15) is 0 Å². The van der Waals surface area contributed by atoms with Crippen LogP contribution in [0.2, 0.25) is 0 Å². The van der Waals surface area contributed by atoms with Gasteiger partial charge in [0.1, 0.15) is 0 Å². The maximum atomic E-state index is 3.77. The standard InChI is InChI=1S/C11H20/c1-6-10(4)8-11(5)7-9(2)3/h6-7,10-11H,1,8H2,2-5H3. The fourth-order valence-corrected chi connectivity index (χ4v) is 1.32. The lowest BCUT2D eigenvalue weighted by atomic mass is 9.96. The molecule has 2 unspecified atom stereocenters. The molecule has 0 amide bonds. The van der Waals surface area contributed by atoms with Gasteiger partial charge in [-0.2, -0.15) is 0 Å². The van der Waals surface area contributed by atoms with Crippen LogP contribution in [0, 0.1) is 11.8 Å². The van der Waals surface area contributed by atoms with Gasteiger partial charge in [0.25, 0.3) is 0 Å². The van der Waals surface area contributed by atoms with Crippen molar-refractivity contribution in [1.29, 1.82) is 0 Å². The summed E-state index contributed by atoms with van der Waals surface area (Å²) in [6, 6.07) is 0. The van der Waals surface area contributed by atoms with Gasteiger partial charge in [-0.15, -0.1) is 6.58 Å². The molecule has 0 bridgehead atoms. The molecule has 64 valence electrons. The molecule has 0 fully saturated rings. The Bertz CT molecular complexity index is 138. The quantitative estimate of drug-likeness (QED) is 0.537. The van der Waals surface area contributed by atoms with Gasteiger partial charge in [-0.05, 0) is 32.1 Å². The average Bonchev–Trinajstić information content (AvgIpc) is 1.85. The molecule has 11 heavy (non-hydrogen) atoms. The number of hydrogen-bond donors (Lipinski definition) is 0. The monoisotopic (exact) mass is 152 g/mol. The zero-order valence-electron chi connectivity index (χ0n) is 8.22. The Morgan fingerprint density at radius 3 is 2.18 bits per heavy atom. The molecule has 0 aromatic rings. The first-order chi connectivity index (χ1) is 5.06. The molecule has 0 radical (unpaired) electrons. The van der Waals surface area contributed by atoms with Crippen LogP contribution >= 0.6 is 0 Å². The van der Waals surface area contributed by atoms with E-state index < -0.39 is 0 Å². The van der Waals surface area contributed by atoms with Crippen LogP contribution in [0.25, 0.3) is 0 Å². The Balaban J connectivity index is 3.77. The molecule has 0 saturated heterocycles. The van der Waals surface area contributed by atoms with E-state index in [0.29, 0.717) is 11.8 Å². The van der Waals surface area contributed by atoms with E-state index in [1.165, 1.54) is 12.0 Å². The highest BCUT2D eigenvalue weighted by Crippen LogP contribution is 2.14. The highest BCUT2D eigenvalue weighted by molar-refractivity contribution is 4.97. The highest BCUT2D eigenvalue weighted by Gasteiger charge is 2.01. The van der Waals surface area contributed by atoms with Crippen LogP contribution < -0.4 is 0 Å². The van der Waals surface area contributed by atoms with Crippen molar-refractivity contribution in [2.24, 2.45) is 11.8 Å². The molecule has 2 atom stereocenters. The molecule has 0 rings (SSSR count). The molecule has 0 spiro atoms. The van der Waals surface area contributed by atoms with Crippen molar-refractivity contribution in [3.05, 3.63) is 24.3 Å². The van der Waals surface area contributed by atoms with Gasteiger partial charge in [0.2, 0.25) is 0 Å². The summed E-state index contributed by atoms with van der Waals surface area (Å²) in [5.74, 6) is 1.33. The predicted molar refractivity (Wildman–Crippen MR) is 52.6 cm³/mol. The van der Waals surface area contributed by atoms with Gasteiger partial charge < -0.3 is 0 Å². The van der Waals surface area contributed by atoms with Crippen molar-refractivity contribution in [2.45, 2.75) is 34.1 Å². The topological polar surface area (TPSA) is 0 Å². The molecule has 0 nitrogen and oxygen atoms in total. The zero-order valence-corrected chi connectivity index (χ0v) is 8.22. The summed E-state index contributed by atoms with van der Waals surface area (Å²) in [7, 11) is 0. The SMILES string of the molecule is C=CC(C)CC(C)C=C(C)C. The lowest BCUT2D eigenvalue weighted by Gasteiger charge is -2.10. The Morgan fingerprint density at radius 2 is 1.82 bits per heavy atom. The zero-order chi connectivity index (χ0) is 8.85. The summed E-state index contributed by atoms with van der Waals surface area (Å²) in [6.07, 6.45) is 5.56. The molecule has 0 saturated carbocycles. The molecule has 0 aliphatic rings. The molecule has 0 N–H and O–H groups in total. The van der Waals surface area contributed by atoms with Gasteiger partial charge in [-0.1, -0.05) is 31.6 Å². The second kappa shape index (κ2) is 5.17. The lowest BCUT2D eigenvalue weighted by molar-refractivity contribution is 0.542. The molecular weight excluding hydrogens is 132 g/mol. The van der Waals surface area contributed by atoms with E-state index in [-0.39, 0.29) is 0 Å². The van der Waals surface area contributed by atoms with Crippen LogP contribution in [-0.2, 0) is 0 Å². The van der Waals surface area contributed by atoms with Crippen molar-refractivity contribution >= 4 is 0 Å². The first kappa shape index (κ1) is 10.5. The van der Waals surface area contributed by atoms with Gasteiger partial charge in [0, 0.05) is 0 Å². The summed E-state index contributed by atoms with van der Waals surface area (Å²) < 4.78 is 0. The van der Waals surface area contributed by atoms with Crippen molar-refractivity contribution in [1.82, 2.24) is 0 Å². The van der Waals surface area contributed by atoms with Gasteiger partial charge >= 0.3 is 0 Å². The Kier molecular flexibility index (Phi) is 4.93. The van der Waals surface area contributed by atoms with Crippen LogP contribution in [0.4, 0.5) is 0 Å². The third kappa shape index (κ3) is 5.90. The smallest absolute Gasteiger partial charge is 0.0254 e.